The molecule has 108 valence electrons. The zero-order chi connectivity index (χ0) is 14.5. The van der Waals surface area contributed by atoms with Gasteiger partial charge in [0, 0.05) is 24.7 Å². The molecule has 6 heteroatoms. The van der Waals surface area contributed by atoms with Crippen molar-refractivity contribution >= 4 is 17.7 Å². The number of methoxy groups -OCH3 is 1. The third kappa shape index (κ3) is 3.46. The third-order valence-electron chi connectivity index (χ3n) is 3.41. The van der Waals surface area contributed by atoms with E-state index in [0.717, 1.165) is 0 Å². The molecule has 1 heterocycles. The van der Waals surface area contributed by atoms with Gasteiger partial charge in [0.15, 0.2) is 0 Å². The Morgan fingerprint density at radius 1 is 1.25 bits per heavy atom. The molecule has 1 aromatic rings. The summed E-state index contributed by atoms with van der Waals surface area (Å²) in [5, 5.41) is 2.76. The fraction of sp³-hybridized carbons (Fsp3) is 0.429. The molecule has 1 fully saturated rings. The van der Waals surface area contributed by atoms with Crippen molar-refractivity contribution in [2.45, 2.75) is 12.8 Å². The van der Waals surface area contributed by atoms with Gasteiger partial charge in [-0.2, -0.15) is 0 Å². The molecule has 0 saturated carbocycles. The first-order chi connectivity index (χ1) is 9.60. The van der Waals surface area contributed by atoms with Gasteiger partial charge in [-0.05, 0) is 37.1 Å². The lowest BCUT2D eigenvalue weighted by atomic mass is 9.96. The largest absolute Gasteiger partial charge is 0.453 e. The molecule has 1 aliphatic rings. The van der Waals surface area contributed by atoms with Crippen LogP contribution >= 0.6 is 0 Å². The maximum atomic E-state index is 12.8. The average molecular weight is 280 g/mol. The second kappa shape index (κ2) is 6.36. The van der Waals surface area contributed by atoms with Crippen LogP contribution in [-0.4, -0.2) is 37.1 Å². The molecular formula is C14H17FN2O3. The Bertz CT molecular complexity index is 482. The maximum absolute atomic E-state index is 12.8. The summed E-state index contributed by atoms with van der Waals surface area (Å²) in [7, 11) is 1.34. The van der Waals surface area contributed by atoms with Gasteiger partial charge in [-0.1, -0.05) is 0 Å². The number of carbonyl (C=O) groups excluding carboxylic acids is 2. The van der Waals surface area contributed by atoms with Crippen LogP contribution in [0.1, 0.15) is 12.8 Å². The summed E-state index contributed by atoms with van der Waals surface area (Å²) in [6.07, 6.45) is 0.840. The predicted molar refractivity (Wildman–Crippen MR) is 71.7 cm³/mol. The van der Waals surface area contributed by atoms with E-state index in [-0.39, 0.29) is 23.7 Å². The molecule has 1 aromatic carbocycles. The number of anilines is 1. The van der Waals surface area contributed by atoms with Crippen LogP contribution in [0.4, 0.5) is 14.9 Å². The minimum atomic E-state index is -0.359. The molecule has 0 aliphatic carbocycles. The number of benzene rings is 1. The van der Waals surface area contributed by atoms with Crippen LogP contribution in [0.3, 0.4) is 0 Å². The van der Waals surface area contributed by atoms with Crippen LogP contribution < -0.4 is 5.32 Å². The fourth-order valence-electron chi connectivity index (χ4n) is 2.23. The van der Waals surface area contributed by atoms with Crippen molar-refractivity contribution in [1.29, 1.82) is 0 Å². The minimum Gasteiger partial charge on any atom is -0.453 e. The van der Waals surface area contributed by atoms with Gasteiger partial charge in [0.05, 0.1) is 7.11 Å². The molecule has 0 radical (unpaired) electrons. The first kappa shape index (κ1) is 14.3. The standard InChI is InChI=1S/C14H17FN2O3/c1-20-14(19)17-8-6-10(7-9-17)13(18)16-12-4-2-11(15)3-5-12/h2-5,10H,6-9H2,1H3,(H,16,18). The van der Waals surface area contributed by atoms with E-state index in [0.29, 0.717) is 31.6 Å². The quantitative estimate of drug-likeness (QED) is 0.904. The number of carbonyl (C=O) groups is 2. The molecule has 1 saturated heterocycles. The summed E-state index contributed by atoms with van der Waals surface area (Å²) in [4.78, 5) is 25.0. The van der Waals surface area contributed by atoms with Crippen molar-refractivity contribution in [1.82, 2.24) is 4.90 Å². The zero-order valence-corrected chi connectivity index (χ0v) is 11.3. The van der Waals surface area contributed by atoms with E-state index >= 15 is 0 Å². The summed E-state index contributed by atoms with van der Waals surface area (Å²) in [5.41, 5.74) is 0.576. The SMILES string of the molecule is COC(=O)N1CCC(C(=O)Nc2ccc(F)cc2)CC1. The Morgan fingerprint density at radius 2 is 1.85 bits per heavy atom. The number of rotatable bonds is 2. The normalized spacial score (nSPS) is 15.8. The van der Waals surface area contributed by atoms with Gasteiger partial charge in [0.2, 0.25) is 5.91 Å². The van der Waals surface area contributed by atoms with Crippen LogP contribution in [0.2, 0.25) is 0 Å². The average Bonchev–Trinajstić information content (AvgIpc) is 2.49. The van der Waals surface area contributed by atoms with Gasteiger partial charge >= 0.3 is 6.09 Å². The smallest absolute Gasteiger partial charge is 0.409 e. The third-order valence-corrected chi connectivity index (χ3v) is 3.41. The Morgan fingerprint density at radius 3 is 2.40 bits per heavy atom. The molecule has 1 N–H and O–H groups in total. The molecule has 0 aromatic heterocycles. The molecule has 20 heavy (non-hydrogen) atoms. The van der Waals surface area contributed by atoms with Crippen LogP contribution in [0.5, 0.6) is 0 Å². The lowest BCUT2D eigenvalue weighted by Crippen LogP contribution is -2.41. The van der Waals surface area contributed by atoms with E-state index in [1.54, 1.807) is 4.90 Å². The number of nitrogens with zero attached hydrogens (tertiary/aromatic N) is 1. The number of hydrogen-bond donors (Lipinski definition) is 1. The van der Waals surface area contributed by atoms with E-state index in [9.17, 15) is 14.0 Å². The number of likely N-dealkylation sites (tertiary alicyclic amines) is 1. The number of nitrogens with one attached hydrogen (secondary N) is 1. The molecule has 0 atom stereocenters. The van der Waals surface area contributed by atoms with Crippen molar-refractivity contribution in [3.63, 3.8) is 0 Å². The maximum Gasteiger partial charge on any atom is 0.409 e. The van der Waals surface area contributed by atoms with Crippen molar-refractivity contribution in [2.24, 2.45) is 5.92 Å². The summed E-state index contributed by atoms with van der Waals surface area (Å²) >= 11 is 0. The highest BCUT2D eigenvalue weighted by atomic mass is 19.1. The van der Waals surface area contributed by atoms with Crippen molar-refractivity contribution in [3.05, 3.63) is 30.1 Å². The molecular weight excluding hydrogens is 263 g/mol. The second-order valence-electron chi connectivity index (χ2n) is 4.73. The molecule has 2 rings (SSSR count). The minimum absolute atomic E-state index is 0.0962. The first-order valence-electron chi connectivity index (χ1n) is 6.49. The summed E-state index contributed by atoms with van der Waals surface area (Å²) < 4.78 is 17.4. The van der Waals surface area contributed by atoms with Gasteiger partial charge < -0.3 is 15.0 Å². The first-order valence-corrected chi connectivity index (χ1v) is 6.49. The number of ether oxygens (including phenoxy) is 1. The van der Waals surface area contributed by atoms with Crippen LogP contribution in [0, 0.1) is 11.7 Å². The lowest BCUT2D eigenvalue weighted by Gasteiger charge is -2.30. The zero-order valence-electron chi connectivity index (χ0n) is 11.3. The van der Waals surface area contributed by atoms with Crippen LogP contribution in [-0.2, 0) is 9.53 Å². The predicted octanol–water partition coefficient (Wildman–Crippen LogP) is 2.24. The van der Waals surface area contributed by atoms with E-state index < -0.39 is 0 Å². The second-order valence-corrected chi connectivity index (χ2v) is 4.73. The lowest BCUT2D eigenvalue weighted by molar-refractivity contribution is -0.121. The van der Waals surface area contributed by atoms with Crippen molar-refractivity contribution < 1.29 is 18.7 Å². The molecule has 2 amide bonds. The molecule has 0 unspecified atom stereocenters. The van der Waals surface area contributed by atoms with Gasteiger partial charge in [-0.3, -0.25) is 4.79 Å². The topological polar surface area (TPSA) is 58.6 Å². The number of amides is 2. The Labute approximate surface area is 116 Å². The van der Waals surface area contributed by atoms with Gasteiger partial charge in [0.25, 0.3) is 0 Å². The Hall–Kier alpha value is -2.11. The van der Waals surface area contributed by atoms with E-state index in [2.05, 4.69) is 10.1 Å². The fourth-order valence-corrected chi connectivity index (χ4v) is 2.23. The highest BCUT2D eigenvalue weighted by molar-refractivity contribution is 5.92. The summed E-state index contributed by atoms with van der Waals surface area (Å²) in [6.45, 7) is 1.02. The molecule has 0 spiro atoms. The number of halogens is 1. The van der Waals surface area contributed by atoms with Gasteiger partial charge in [0.1, 0.15) is 5.82 Å². The van der Waals surface area contributed by atoms with Crippen LogP contribution in [0.15, 0.2) is 24.3 Å². The van der Waals surface area contributed by atoms with Gasteiger partial charge in [-0.25, -0.2) is 9.18 Å². The Kier molecular flexibility index (Phi) is 4.55. The molecule has 1 aliphatic heterocycles. The van der Waals surface area contributed by atoms with E-state index in [4.69, 9.17) is 0 Å². The van der Waals surface area contributed by atoms with Crippen molar-refractivity contribution in [2.75, 3.05) is 25.5 Å². The van der Waals surface area contributed by atoms with E-state index in [1.807, 2.05) is 0 Å². The van der Waals surface area contributed by atoms with E-state index in [1.165, 1.54) is 31.4 Å². The number of piperidine rings is 1. The summed E-state index contributed by atoms with van der Waals surface area (Å²) in [5.74, 6) is -0.573. The summed E-state index contributed by atoms with van der Waals surface area (Å²) in [6, 6.07) is 5.65. The Balaban J connectivity index is 1.85. The van der Waals surface area contributed by atoms with Crippen LogP contribution in [0.25, 0.3) is 0 Å². The van der Waals surface area contributed by atoms with Gasteiger partial charge in [-0.15, -0.1) is 0 Å². The molecule has 0 bridgehead atoms. The highest BCUT2D eigenvalue weighted by Gasteiger charge is 2.27. The highest BCUT2D eigenvalue weighted by Crippen LogP contribution is 2.20. The van der Waals surface area contributed by atoms with Crippen molar-refractivity contribution in [3.8, 4) is 0 Å². The monoisotopic (exact) mass is 280 g/mol. The molecule has 5 nitrogen and oxygen atoms in total. The number of hydrogen-bond acceptors (Lipinski definition) is 3.